The SMILES string of the molecule is CCCCn1cc(C(C)O)cn1. The highest BCUT2D eigenvalue weighted by atomic mass is 16.3. The Kier molecular flexibility index (Phi) is 3.29. The van der Waals surface area contributed by atoms with Crippen molar-refractivity contribution in [1.29, 1.82) is 0 Å². The Morgan fingerprint density at radius 1 is 1.67 bits per heavy atom. The van der Waals surface area contributed by atoms with Gasteiger partial charge in [0.2, 0.25) is 0 Å². The van der Waals surface area contributed by atoms with E-state index in [9.17, 15) is 5.11 Å². The fraction of sp³-hybridized carbons (Fsp3) is 0.667. The molecule has 0 aliphatic carbocycles. The molecule has 0 spiro atoms. The zero-order valence-corrected chi connectivity index (χ0v) is 7.70. The molecule has 1 aromatic heterocycles. The van der Waals surface area contributed by atoms with Gasteiger partial charge in [-0.1, -0.05) is 13.3 Å². The topological polar surface area (TPSA) is 38.0 Å². The Balaban J connectivity index is 2.52. The van der Waals surface area contributed by atoms with Crippen molar-refractivity contribution in [1.82, 2.24) is 9.78 Å². The average molecular weight is 168 g/mol. The van der Waals surface area contributed by atoms with E-state index in [1.54, 1.807) is 13.1 Å². The summed E-state index contributed by atoms with van der Waals surface area (Å²) in [7, 11) is 0. The van der Waals surface area contributed by atoms with Gasteiger partial charge in [-0.3, -0.25) is 4.68 Å². The lowest BCUT2D eigenvalue weighted by molar-refractivity contribution is 0.199. The molecule has 0 aromatic carbocycles. The molecule has 0 radical (unpaired) electrons. The second kappa shape index (κ2) is 4.26. The van der Waals surface area contributed by atoms with E-state index < -0.39 is 6.10 Å². The van der Waals surface area contributed by atoms with Crippen molar-refractivity contribution >= 4 is 0 Å². The highest BCUT2D eigenvalue weighted by Gasteiger charge is 2.02. The van der Waals surface area contributed by atoms with Crippen LogP contribution in [0, 0.1) is 0 Å². The first-order chi connectivity index (χ1) is 5.74. The number of hydrogen-bond acceptors (Lipinski definition) is 2. The van der Waals surface area contributed by atoms with Gasteiger partial charge < -0.3 is 5.11 Å². The monoisotopic (exact) mass is 168 g/mol. The van der Waals surface area contributed by atoms with Gasteiger partial charge in [0.15, 0.2) is 0 Å². The Bertz CT molecular complexity index is 230. The van der Waals surface area contributed by atoms with Gasteiger partial charge in [-0.05, 0) is 13.3 Å². The van der Waals surface area contributed by atoms with Crippen LogP contribution in [-0.2, 0) is 6.54 Å². The van der Waals surface area contributed by atoms with Gasteiger partial charge in [0, 0.05) is 18.3 Å². The molecule has 68 valence electrons. The number of aromatic nitrogens is 2. The zero-order chi connectivity index (χ0) is 8.97. The van der Waals surface area contributed by atoms with E-state index in [0.717, 1.165) is 18.5 Å². The van der Waals surface area contributed by atoms with Crippen LogP contribution in [0.4, 0.5) is 0 Å². The van der Waals surface area contributed by atoms with E-state index >= 15 is 0 Å². The predicted molar refractivity (Wildman–Crippen MR) is 47.8 cm³/mol. The molecule has 12 heavy (non-hydrogen) atoms. The van der Waals surface area contributed by atoms with Crippen LogP contribution < -0.4 is 0 Å². The predicted octanol–water partition coefficient (Wildman–Crippen LogP) is 1.74. The van der Waals surface area contributed by atoms with Gasteiger partial charge in [-0.25, -0.2) is 0 Å². The normalized spacial score (nSPS) is 13.2. The molecular weight excluding hydrogens is 152 g/mol. The number of hydrogen-bond donors (Lipinski definition) is 1. The van der Waals surface area contributed by atoms with Gasteiger partial charge in [0.25, 0.3) is 0 Å². The van der Waals surface area contributed by atoms with E-state index in [-0.39, 0.29) is 0 Å². The second-order valence-electron chi connectivity index (χ2n) is 3.07. The third-order valence-corrected chi connectivity index (χ3v) is 1.88. The molecule has 1 heterocycles. The lowest BCUT2D eigenvalue weighted by atomic mass is 10.2. The number of unbranched alkanes of at least 4 members (excludes halogenated alkanes) is 1. The third kappa shape index (κ3) is 2.34. The van der Waals surface area contributed by atoms with Crippen molar-refractivity contribution in [3.05, 3.63) is 18.0 Å². The van der Waals surface area contributed by atoms with Gasteiger partial charge in [0.1, 0.15) is 0 Å². The molecular formula is C9H16N2O. The number of aryl methyl sites for hydroxylation is 1. The molecule has 1 rings (SSSR count). The summed E-state index contributed by atoms with van der Waals surface area (Å²) in [6.45, 7) is 4.85. The minimum absolute atomic E-state index is 0.402. The molecule has 0 saturated heterocycles. The fourth-order valence-electron chi connectivity index (χ4n) is 1.04. The molecule has 1 atom stereocenters. The third-order valence-electron chi connectivity index (χ3n) is 1.88. The van der Waals surface area contributed by atoms with Crippen molar-refractivity contribution in [3.8, 4) is 0 Å². The molecule has 0 aliphatic heterocycles. The Labute approximate surface area is 73.0 Å². The van der Waals surface area contributed by atoms with E-state index in [1.807, 2.05) is 10.9 Å². The lowest BCUT2D eigenvalue weighted by Crippen LogP contribution is -1.97. The summed E-state index contributed by atoms with van der Waals surface area (Å²) in [4.78, 5) is 0. The van der Waals surface area contributed by atoms with Crippen LogP contribution in [0.5, 0.6) is 0 Å². The Hall–Kier alpha value is -0.830. The highest BCUT2D eigenvalue weighted by molar-refractivity contribution is 5.06. The largest absolute Gasteiger partial charge is 0.389 e. The molecule has 3 heteroatoms. The number of aliphatic hydroxyl groups excluding tert-OH is 1. The van der Waals surface area contributed by atoms with Crippen LogP contribution in [0.25, 0.3) is 0 Å². The first-order valence-electron chi connectivity index (χ1n) is 4.44. The van der Waals surface area contributed by atoms with E-state index in [0.29, 0.717) is 0 Å². The molecule has 0 fully saturated rings. The molecule has 0 aliphatic rings. The van der Waals surface area contributed by atoms with Crippen LogP contribution in [0.1, 0.15) is 38.4 Å². The van der Waals surface area contributed by atoms with Gasteiger partial charge in [-0.15, -0.1) is 0 Å². The van der Waals surface area contributed by atoms with Gasteiger partial charge in [-0.2, -0.15) is 5.10 Å². The van der Waals surface area contributed by atoms with Crippen LogP contribution in [0.15, 0.2) is 12.4 Å². The molecule has 0 saturated carbocycles. The molecule has 0 amide bonds. The maximum atomic E-state index is 9.21. The summed E-state index contributed by atoms with van der Waals surface area (Å²) < 4.78 is 1.88. The van der Waals surface area contributed by atoms with E-state index in [2.05, 4.69) is 12.0 Å². The summed E-state index contributed by atoms with van der Waals surface area (Å²) in [5.41, 5.74) is 0.895. The van der Waals surface area contributed by atoms with Gasteiger partial charge in [0.05, 0.1) is 12.3 Å². The Morgan fingerprint density at radius 3 is 2.92 bits per heavy atom. The lowest BCUT2D eigenvalue weighted by Gasteiger charge is -1.99. The van der Waals surface area contributed by atoms with Crippen molar-refractivity contribution in [2.24, 2.45) is 0 Å². The fourth-order valence-corrected chi connectivity index (χ4v) is 1.04. The maximum Gasteiger partial charge on any atom is 0.0792 e. The second-order valence-corrected chi connectivity index (χ2v) is 3.07. The first kappa shape index (κ1) is 9.26. The Morgan fingerprint density at radius 2 is 2.42 bits per heavy atom. The van der Waals surface area contributed by atoms with Crippen molar-refractivity contribution in [2.75, 3.05) is 0 Å². The summed E-state index contributed by atoms with van der Waals surface area (Å²) in [5.74, 6) is 0. The average Bonchev–Trinajstić information content (AvgIpc) is 2.48. The van der Waals surface area contributed by atoms with Crippen molar-refractivity contribution in [3.63, 3.8) is 0 Å². The summed E-state index contributed by atoms with van der Waals surface area (Å²) in [6, 6.07) is 0. The molecule has 1 aromatic rings. The van der Waals surface area contributed by atoms with Crippen LogP contribution in [0.2, 0.25) is 0 Å². The summed E-state index contributed by atoms with van der Waals surface area (Å²) in [5, 5.41) is 13.3. The van der Waals surface area contributed by atoms with Crippen molar-refractivity contribution < 1.29 is 5.11 Å². The molecule has 1 unspecified atom stereocenters. The van der Waals surface area contributed by atoms with Crippen LogP contribution in [-0.4, -0.2) is 14.9 Å². The van der Waals surface area contributed by atoms with Crippen molar-refractivity contribution in [2.45, 2.75) is 39.3 Å². The summed E-state index contributed by atoms with van der Waals surface area (Å²) >= 11 is 0. The minimum atomic E-state index is -0.402. The standard InChI is InChI=1S/C9H16N2O/c1-3-4-5-11-7-9(6-10-11)8(2)12/h6-8,12H,3-5H2,1-2H3. The van der Waals surface area contributed by atoms with Crippen LogP contribution >= 0.6 is 0 Å². The minimum Gasteiger partial charge on any atom is -0.389 e. The number of nitrogens with zero attached hydrogens (tertiary/aromatic N) is 2. The summed E-state index contributed by atoms with van der Waals surface area (Å²) in [6.07, 6.45) is 5.53. The highest BCUT2D eigenvalue weighted by Crippen LogP contribution is 2.09. The zero-order valence-electron chi connectivity index (χ0n) is 7.70. The number of rotatable bonds is 4. The molecule has 0 bridgehead atoms. The maximum absolute atomic E-state index is 9.21. The quantitative estimate of drug-likeness (QED) is 0.743. The number of aliphatic hydroxyl groups is 1. The smallest absolute Gasteiger partial charge is 0.0792 e. The van der Waals surface area contributed by atoms with Gasteiger partial charge >= 0.3 is 0 Å². The molecule has 1 N–H and O–H groups in total. The molecule has 3 nitrogen and oxygen atoms in total. The van der Waals surface area contributed by atoms with E-state index in [4.69, 9.17) is 0 Å². The van der Waals surface area contributed by atoms with Crippen LogP contribution in [0.3, 0.4) is 0 Å². The first-order valence-corrected chi connectivity index (χ1v) is 4.44. The van der Waals surface area contributed by atoms with E-state index in [1.165, 1.54) is 6.42 Å².